The molecule has 0 saturated heterocycles. The topological polar surface area (TPSA) is 73.0 Å². The van der Waals surface area contributed by atoms with E-state index < -0.39 is 0 Å². The van der Waals surface area contributed by atoms with E-state index >= 15 is 0 Å². The molecule has 0 amide bonds. The van der Waals surface area contributed by atoms with E-state index in [4.69, 9.17) is 19.9 Å². The minimum atomic E-state index is -0.0625. The van der Waals surface area contributed by atoms with E-state index in [9.17, 15) is 4.79 Å². The van der Waals surface area contributed by atoms with Gasteiger partial charge in [-0.1, -0.05) is 84.1 Å². The monoisotopic (exact) mass is 483 g/mol. The number of hydrogen-bond donors (Lipinski definition) is 0. The molecule has 0 unspecified atom stereocenters. The lowest BCUT2D eigenvalue weighted by molar-refractivity contribution is 1.07. The summed E-state index contributed by atoms with van der Waals surface area (Å²) in [6, 6.07) is 33.2. The predicted octanol–water partition coefficient (Wildman–Crippen LogP) is 6.25. The molecule has 0 atom stereocenters. The van der Waals surface area contributed by atoms with Gasteiger partial charge in [0.2, 0.25) is 0 Å². The molecule has 4 aromatic carbocycles. The van der Waals surface area contributed by atoms with E-state index in [1.807, 2.05) is 103 Å². The molecule has 3 heterocycles. The molecule has 170 valence electrons. The van der Waals surface area contributed by atoms with Gasteiger partial charge >= 0.3 is 0 Å². The zero-order chi connectivity index (χ0) is 24.1. The first-order chi connectivity index (χ1) is 17.7. The van der Waals surface area contributed by atoms with Gasteiger partial charge in [0, 0.05) is 21.4 Å². The van der Waals surface area contributed by atoms with Crippen LogP contribution in [0.1, 0.15) is 0 Å². The van der Waals surface area contributed by atoms with E-state index in [1.54, 1.807) is 4.40 Å². The Labute approximate surface area is 209 Å². The van der Waals surface area contributed by atoms with Crippen molar-refractivity contribution in [2.45, 2.75) is 0 Å². The summed E-state index contributed by atoms with van der Waals surface area (Å²) in [5.74, 6) is 1.76. The summed E-state index contributed by atoms with van der Waals surface area (Å²) in [6.45, 7) is 0. The fourth-order valence-corrected chi connectivity index (χ4v) is 5.38. The van der Waals surface area contributed by atoms with E-state index in [1.165, 1.54) is 11.3 Å². The van der Waals surface area contributed by atoms with Gasteiger partial charge in [0.05, 0.1) is 16.4 Å². The number of rotatable bonds is 3. The van der Waals surface area contributed by atoms with Crippen molar-refractivity contribution >= 4 is 37.4 Å². The van der Waals surface area contributed by atoms with Crippen molar-refractivity contribution < 1.29 is 0 Å². The standard InChI is InChI=1S/C29H17N5OS/c35-28-21-13-7-8-14-24(21)36-29-30-22-17-20(15-16-23(22)34(28)29)27-32-25(18-9-3-1-4-10-18)31-26(33-27)19-11-5-2-6-12-19/h1-17H. The third kappa shape index (κ3) is 3.37. The largest absolute Gasteiger partial charge is 0.268 e. The molecular weight excluding hydrogens is 466 g/mol. The Morgan fingerprint density at radius 1 is 0.583 bits per heavy atom. The molecule has 3 aromatic heterocycles. The molecule has 7 rings (SSSR count). The van der Waals surface area contributed by atoms with Gasteiger partial charge in [0.25, 0.3) is 5.56 Å². The second-order valence-electron chi connectivity index (χ2n) is 8.37. The molecule has 6 nitrogen and oxygen atoms in total. The summed E-state index contributed by atoms with van der Waals surface area (Å²) in [4.78, 5) is 33.0. The van der Waals surface area contributed by atoms with E-state index in [0.29, 0.717) is 27.8 Å². The van der Waals surface area contributed by atoms with Gasteiger partial charge in [0.15, 0.2) is 22.4 Å². The highest BCUT2D eigenvalue weighted by Crippen LogP contribution is 2.28. The highest BCUT2D eigenvalue weighted by Gasteiger charge is 2.15. The summed E-state index contributed by atoms with van der Waals surface area (Å²) in [7, 11) is 0. The van der Waals surface area contributed by atoms with Gasteiger partial charge in [-0.15, -0.1) is 0 Å². The van der Waals surface area contributed by atoms with Gasteiger partial charge in [-0.25, -0.2) is 24.3 Å². The Kier molecular flexibility index (Phi) is 4.68. The maximum atomic E-state index is 13.2. The fraction of sp³-hybridized carbons (Fsp3) is 0. The molecule has 0 aliphatic carbocycles. The van der Waals surface area contributed by atoms with Crippen LogP contribution in [0.4, 0.5) is 0 Å². The number of hydrogen-bond acceptors (Lipinski definition) is 6. The van der Waals surface area contributed by atoms with E-state index in [-0.39, 0.29) is 5.56 Å². The Bertz CT molecular complexity index is 1910. The van der Waals surface area contributed by atoms with Crippen molar-refractivity contribution in [1.29, 1.82) is 0 Å². The van der Waals surface area contributed by atoms with Crippen LogP contribution >= 0.6 is 11.3 Å². The van der Waals surface area contributed by atoms with Gasteiger partial charge in [-0.3, -0.25) is 4.79 Å². The first-order valence-corrected chi connectivity index (χ1v) is 12.3. The maximum Gasteiger partial charge on any atom is 0.266 e. The number of fused-ring (bicyclic) bond motifs is 4. The highest BCUT2D eigenvalue weighted by atomic mass is 32.1. The third-order valence-electron chi connectivity index (χ3n) is 6.10. The predicted molar refractivity (Wildman–Crippen MR) is 144 cm³/mol. The van der Waals surface area contributed by atoms with Crippen LogP contribution in [0.15, 0.2) is 108 Å². The SMILES string of the molecule is O=c1c2ccccc2sc2nc3cc(-c4nc(-c5ccccc5)nc(-c5ccccc5)n4)ccc3n12. The molecule has 0 saturated carbocycles. The van der Waals surface area contributed by atoms with Gasteiger partial charge in [-0.05, 0) is 30.3 Å². The molecule has 0 spiro atoms. The second kappa shape index (κ2) is 8.18. The lowest BCUT2D eigenvalue weighted by atomic mass is 10.1. The van der Waals surface area contributed by atoms with Crippen LogP contribution in [0.25, 0.3) is 60.2 Å². The zero-order valence-corrected chi connectivity index (χ0v) is 19.7. The van der Waals surface area contributed by atoms with Crippen LogP contribution in [0.2, 0.25) is 0 Å². The average molecular weight is 484 g/mol. The average Bonchev–Trinajstić information content (AvgIpc) is 3.31. The Morgan fingerprint density at radius 3 is 1.83 bits per heavy atom. The smallest absolute Gasteiger partial charge is 0.266 e. The lowest BCUT2D eigenvalue weighted by Gasteiger charge is -2.08. The van der Waals surface area contributed by atoms with Crippen LogP contribution in [-0.4, -0.2) is 24.3 Å². The molecule has 7 aromatic rings. The van der Waals surface area contributed by atoms with Gasteiger partial charge in [-0.2, -0.15) is 0 Å². The summed E-state index contributed by atoms with van der Waals surface area (Å²) < 4.78 is 2.60. The van der Waals surface area contributed by atoms with Gasteiger partial charge < -0.3 is 0 Å². The quantitative estimate of drug-likeness (QED) is 0.297. The second-order valence-corrected chi connectivity index (χ2v) is 9.38. The minimum absolute atomic E-state index is 0.0625. The number of aromatic nitrogens is 5. The molecule has 0 radical (unpaired) electrons. The van der Waals surface area contributed by atoms with Crippen LogP contribution < -0.4 is 5.56 Å². The first-order valence-electron chi connectivity index (χ1n) is 11.5. The Morgan fingerprint density at radius 2 is 1.17 bits per heavy atom. The molecule has 0 fully saturated rings. The fourth-order valence-electron chi connectivity index (χ4n) is 4.35. The van der Waals surface area contributed by atoms with Crippen molar-refractivity contribution in [3.8, 4) is 34.2 Å². The maximum absolute atomic E-state index is 13.2. The van der Waals surface area contributed by atoms with E-state index in [0.717, 1.165) is 32.4 Å². The third-order valence-corrected chi connectivity index (χ3v) is 7.14. The van der Waals surface area contributed by atoms with Crippen molar-refractivity contribution in [2.75, 3.05) is 0 Å². The molecular formula is C29H17N5OS. The first kappa shape index (κ1) is 20.6. The normalized spacial score (nSPS) is 11.4. The highest BCUT2D eigenvalue weighted by molar-refractivity contribution is 7.23. The van der Waals surface area contributed by atoms with Crippen LogP contribution in [-0.2, 0) is 0 Å². The molecule has 0 N–H and O–H groups in total. The molecule has 0 bridgehead atoms. The van der Waals surface area contributed by atoms with Crippen LogP contribution in [0, 0.1) is 0 Å². The van der Waals surface area contributed by atoms with Crippen LogP contribution in [0.3, 0.4) is 0 Å². The minimum Gasteiger partial charge on any atom is -0.268 e. The van der Waals surface area contributed by atoms with Crippen molar-refractivity contribution in [3.05, 3.63) is 113 Å². The number of benzene rings is 4. The molecule has 0 aliphatic rings. The van der Waals surface area contributed by atoms with E-state index in [2.05, 4.69) is 0 Å². The molecule has 0 aliphatic heterocycles. The van der Waals surface area contributed by atoms with Crippen molar-refractivity contribution in [1.82, 2.24) is 24.3 Å². The summed E-state index contributed by atoms with van der Waals surface area (Å²) >= 11 is 1.50. The van der Waals surface area contributed by atoms with Crippen LogP contribution in [0.5, 0.6) is 0 Å². The van der Waals surface area contributed by atoms with Crippen molar-refractivity contribution in [2.24, 2.45) is 0 Å². The number of nitrogens with zero attached hydrogens (tertiary/aromatic N) is 5. The zero-order valence-electron chi connectivity index (χ0n) is 18.9. The van der Waals surface area contributed by atoms with Crippen molar-refractivity contribution in [3.63, 3.8) is 0 Å². The summed E-state index contributed by atoms with van der Waals surface area (Å²) in [5, 5.41) is 0.691. The lowest BCUT2D eigenvalue weighted by Crippen LogP contribution is -2.11. The number of imidazole rings is 1. The Balaban J connectivity index is 1.45. The summed E-state index contributed by atoms with van der Waals surface area (Å²) in [6.07, 6.45) is 0. The Hall–Kier alpha value is -4.75. The van der Waals surface area contributed by atoms with Gasteiger partial charge in [0.1, 0.15) is 0 Å². The summed E-state index contributed by atoms with van der Waals surface area (Å²) in [5.41, 5.74) is 4.06. The molecule has 7 heteroatoms. The molecule has 36 heavy (non-hydrogen) atoms.